The van der Waals surface area contributed by atoms with Crippen molar-refractivity contribution in [2.24, 2.45) is 0 Å². The maximum absolute atomic E-state index is 12.3. The van der Waals surface area contributed by atoms with Crippen LogP contribution in [0, 0.1) is 6.92 Å². The van der Waals surface area contributed by atoms with Gasteiger partial charge in [0, 0.05) is 9.80 Å². The third kappa shape index (κ3) is 2.47. The molecule has 0 N–H and O–H groups in total. The lowest BCUT2D eigenvalue weighted by Gasteiger charge is -2.06. The molecule has 0 atom stereocenters. The fourth-order valence-corrected chi connectivity index (χ4v) is 2.08. The highest BCUT2D eigenvalue weighted by Crippen LogP contribution is 2.26. The molecule has 0 aliphatic rings. The summed E-state index contributed by atoms with van der Waals surface area (Å²) in [6.07, 6.45) is -2.51. The predicted molar refractivity (Wildman–Crippen MR) is 54.3 cm³/mol. The van der Waals surface area contributed by atoms with E-state index in [-0.39, 0.29) is 5.69 Å². The molecule has 0 saturated heterocycles. The van der Waals surface area contributed by atoms with Crippen LogP contribution in [-0.4, -0.2) is 4.98 Å². The maximum Gasteiger partial charge on any atom is 0.280 e. The summed E-state index contributed by atoms with van der Waals surface area (Å²) in [7, 11) is 0. The van der Waals surface area contributed by atoms with Crippen LogP contribution in [0.2, 0.25) is 0 Å². The highest BCUT2D eigenvalue weighted by molar-refractivity contribution is 9.10. The fourth-order valence-electron chi connectivity index (χ4n) is 0.950. The number of nitrogens with zero attached hydrogens (tertiary/aromatic N) is 1. The Kier molecular flexibility index (Phi) is 3.79. The Hall–Kier alpha value is -0.0300. The van der Waals surface area contributed by atoms with Crippen LogP contribution in [0.15, 0.2) is 10.5 Å². The molecule has 0 fully saturated rings. The van der Waals surface area contributed by atoms with Crippen molar-refractivity contribution in [3.8, 4) is 0 Å². The predicted octanol–water partition coefficient (Wildman–Crippen LogP) is 3.99. The number of hydrogen-bond acceptors (Lipinski definition) is 1. The van der Waals surface area contributed by atoms with Gasteiger partial charge < -0.3 is 0 Å². The van der Waals surface area contributed by atoms with Gasteiger partial charge in [0.05, 0.1) is 5.69 Å². The van der Waals surface area contributed by atoms with E-state index in [2.05, 4.69) is 36.8 Å². The minimum Gasteiger partial charge on any atom is -0.250 e. The average molecular weight is 315 g/mol. The largest absolute Gasteiger partial charge is 0.280 e. The quantitative estimate of drug-likeness (QED) is 0.752. The van der Waals surface area contributed by atoms with E-state index >= 15 is 0 Å². The number of alkyl halides is 3. The Bertz CT molecular complexity index is 315. The molecule has 1 aromatic rings. The van der Waals surface area contributed by atoms with E-state index in [0.717, 1.165) is 10.0 Å². The first-order chi connectivity index (χ1) is 6.06. The fraction of sp³-hybridized carbons (Fsp3) is 0.375. The zero-order chi connectivity index (χ0) is 10.0. The van der Waals surface area contributed by atoms with Crippen LogP contribution in [0.1, 0.15) is 23.4 Å². The Labute approximate surface area is 91.8 Å². The molecule has 0 saturated carbocycles. The zero-order valence-corrected chi connectivity index (χ0v) is 9.99. The average Bonchev–Trinajstić information content (AvgIpc) is 2.09. The first-order valence-corrected chi connectivity index (χ1v) is 5.47. The second kappa shape index (κ2) is 4.46. The Morgan fingerprint density at radius 2 is 2.15 bits per heavy atom. The molecule has 1 nitrogen and oxygen atoms in total. The van der Waals surface area contributed by atoms with Crippen molar-refractivity contribution >= 4 is 31.9 Å². The lowest BCUT2D eigenvalue weighted by atomic mass is 10.2. The van der Waals surface area contributed by atoms with Gasteiger partial charge in [0.1, 0.15) is 5.69 Å². The van der Waals surface area contributed by atoms with E-state index in [9.17, 15) is 8.78 Å². The maximum atomic E-state index is 12.3. The van der Waals surface area contributed by atoms with Gasteiger partial charge in [0.25, 0.3) is 6.43 Å². The summed E-state index contributed by atoms with van der Waals surface area (Å²) in [5.41, 5.74) is 1.21. The highest BCUT2D eigenvalue weighted by Gasteiger charge is 2.13. The van der Waals surface area contributed by atoms with Crippen molar-refractivity contribution in [2.45, 2.75) is 18.7 Å². The Balaban J connectivity index is 3.22. The molecule has 0 spiro atoms. The molecular weight excluding hydrogens is 308 g/mol. The zero-order valence-electron chi connectivity index (χ0n) is 6.82. The number of pyridine rings is 1. The molecule has 0 amide bonds. The summed E-state index contributed by atoms with van der Waals surface area (Å²) in [5.74, 6) is 0. The van der Waals surface area contributed by atoms with Gasteiger partial charge in [0.15, 0.2) is 0 Å². The van der Waals surface area contributed by atoms with E-state index in [0.29, 0.717) is 11.0 Å². The molecule has 72 valence electrons. The summed E-state index contributed by atoms with van der Waals surface area (Å²) >= 11 is 6.47. The molecule has 1 heterocycles. The Morgan fingerprint density at radius 1 is 1.54 bits per heavy atom. The van der Waals surface area contributed by atoms with Gasteiger partial charge in [-0.15, -0.1) is 0 Å². The molecule has 0 aliphatic carbocycles. The van der Waals surface area contributed by atoms with Crippen LogP contribution in [0.25, 0.3) is 0 Å². The highest BCUT2D eigenvalue weighted by atomic mass is 79.9. The number of hydrogen-bond donors (Lipinski definition) is 0. The molecule has 0 aromatic carbocycles. The second-order valence-electron chi connectivity index (χ2n) is 2.56. The van der Waals surface area contributed by atoms with Crippen molar-refractivity contribution in [1.82, 2.24) is 4.98 Å². The van der Waals surface area contributed by atoms with Gasteiger partial charge in [-0.05, 0) is 34.5 Å². The molecule has 0 bridgehead atoms. The molecule has 0 unspecified atom stereocenters. The Morgan fingerprint density at radius 3 is 2.62 bits per heavy atom. The summed E-state index contributed by atoms with van der Waals surface area (Å²) in [6.45, 7) is 1.77. The normalized spacial score (nSPS) is 10.9. The minimum atomic E-state index is -2.51. The molecule has 5 heteroatoms. The lowest BCUT2D eigenvalue weighted by Crippen LogP contribution is -1.97. The summed E-state index contributed by atoms with van der Waals surface area (Å²) in [5, 5.41) is 0.467. The summed E-state index contributed by atoms with van der Waals surface area (Å²) in [4.78, 5) is 3.81. The summed E-state index contributed by atoms with van der Waals surface area (Å²) in [6, 6.07) is 1.39. The van der Waals surface area contributed by atoms with Crippen LogP contribution >= 0.6 is 31.9 Å². The van der Waals surface area contributed by atoms with E-state index < -0.39 is 6.43 Å². The van der Waals surface area contributed by atoms with E-state index in [4.69, 9.17) is 0 Å². The monoisotopic (exact) mass is 313 g/mol. The molecule has 1 rings (SSSR count). The van der Waals surface area contributed by atoms with Crippen LogP contribution in [-0.2, 0) is 5.33 Å². The van der Waals surface area contributed by atoms with Crippen LogP contribution in [0.4, 0.5) is 8.78 Å². The summed E-state index contributed by atoms with van der Waals surface area (Å²) < 4.78 is 25.4. The first kappa shape index (κ1) is 11.0. The van der Waals surface area contributed by atoms with E-state index in [1.165, 1.54) is 6.07 Å². The van der Waals surface area contributed by atoms with E-state index in [1.54, 1.807) is 6.92 Å². The van der Waals surface area contributed by atoms with Crippen molar-refractivity contribution in [2.75, 3.05) is 0 Å². The smallest absolute Gasteiger partial charge is 0.250 e. The van der Waals surface area contributed by atoms with Gasteiger partial charge in [-0.3, -0.25) is 0 Å². The van der Waals surface area contributed by atoms with Gasteiger partial charge in [-0.1, -0.05) is 15.9 Å². The minimum absolute atomic E-state index is 0.171. The number of halogens is 4. The molecule has 0 radical (unpaired) electrons. The van der Waals surface area contributed by atoms with Gasteiger partial charge >= 0.3 is 0 Å². The standard InChI is InChI=1S/C8H7Br2F2N/c1-4-2-5(8(11)12)13-6(3-9)7(4)10/h2,8H,3H2,1H3. The van der Waals surface area contributed by atoms with Crippen molar-refractivity contribution in [3.63, 3.8) is 0 Å². The lowest BCUT2D eigenvalue weighted by molar-refractivity contribution is 0.145. The third-order valence-corrected chi connectivity index (χ3v) is 3.19. The van der Waals surface area contributed by atoms with Gasteiger partial charge in [-0.2, -0.15) is 0 Å². The van der Waals surface area contributed by atoms with Gasteiger partial charge in [-0.25, -0.2) is 13.8 Å². The molecule has 13 heavy (non-hydrogen) atoms. The van der Waals surface area contributed by atoms with Crippen molar-refractivity contribution in [3.05, 3.63) is 27.5 Å². The SMILES string of the molecule is Cc1cc(C(F)F)nc(CBr)c1Br. The third-order valence-electron chi connectivity index (χ3n) is 1.58. The van der Waals surface area contributed by atoms with Crippen molar-refractivity contribution in [1.29, 1.82) is 0 Å². The molecule has 0 aliphatic heterocycles. The number of aryl methyl sites for hydroxylation is 1. The molecule has 1 aromatic heterocycles. The van der Waals surface area contributed by atoms with Gasteiger partial charge in [0.2, 0.25) is 0 Å². The van der Waals surface area contributed by atoms with E-state index in [1.807, 2.05) is 0 Å². The van der Waals surface area contributed by atoms with Crippen LogP contribution in [0.5, 0.6) is 0 Å². The van der Waals surface area contributed by atoms with Crippen LogP contribution in [0.3, 0.4) is 0 Å². The number of aromatic nitrogens is 1. The topological polar surface area (TPSA) is 12.9 Å². The van der Waals surface area contributed by atoms with Crippen LogP contribution < -0.4 is 0 Å². The second-order valence-corrected chi connectivity index (χ2v) is 3.91. The molecular formula is C8H7Br2F2N. The number of rotatable bonds is 2. The van der Waals surface area contributed by atoms with Crippen molar-refractivity contribution < 1.29 is 8.78 Å². The first-order valence-electron chi connectivity index (χ1n) is 3.56.